The van der Waals surface area contributed by atoms with Crippen LogP contribution in [0.5, 0.6) is 0 Å². The summed E-state index contributed by atoms with van der Waals surface area (Å²) in [4.78, 5) is 24.0. The molecule has 4 rings (SSSR count). The van der Waals surface area contributed by atoms with Gasteiger partial charge >= 0.3 is 0 Å². The summed E-state index contributed by atoms with van der Waals surface area (Å²) < 4.78 is 20.6. The maximum absolute atomic E-state index is 15.1. The molecule has 1 heterocycles. The van der Waals surface area contributed by atoms with Crippen LogP contribution in [0.15, 0.2) is 30.3 Å². The third-order valence-electron chi connectivity index (χ3n) is 6.29. The van der Waals surface area contributed by atoms with Gasteiger partial charge < -0.3 is 20.7 Å². The normalized spacial score (nSPS) is 18.3. The van der Waals surface area contributed by atoms with Crippen molar-refractivity contribution in [2.45, 2.75) is 51.2 Å². The van der Waals surface area contributed by atoms with Gasteiger partial charge in [0, 0.05) is 32.2 Å². The molecular formula is C26H29FN4O3. The fourth-order valence-corrected chi connectivity index (χ4v) is 4.66. The Labute approximate surface area is 198 Å². The van der Waals surface area contributed by atoms with Crippen molar-refractivity contribution in [3.8, 4) is 17.2 Å². The van der Waals surface area contributed by atoms with Crippen molar-refractivity contribution in [1.82, 2.24) is 10.6 Å². The number of anilines is 1. The van der Waals surface area contributed by atoms with Gasteiger partial charge in [0.05, 0.1) is 6.07 Å². The van der Waals surface area contributed by atoms with E-state index in [2.05, 4.69) is 22.0 Å². The molecule has 2 aromatic rings. The third-order valence-corrected chi connectivity index (χ3v) is 6.29. The number of halogens is 1. The minimum atomic E-state index is -0.860. The standard InChI is InChI=1S/C26H29FN4O3/c1-16(32)30-24-9-8-20(21-4-2-5-22(21)24)17-6-7-18(23(27)13-17)12-19(14-28)31-26(33)25-15-29-10-3-11-34-25/h6-9,13,19,25,29H,2-5,10-12,15H2,1H3,(H,30,32)(H,31,33)/t19?,25-/m0/s1. The lowest BCUT2D eigenvalue weighted by Gasteiger charge is -2.18. The van der Waals surface area contributed by atoms with E-state index in [0.29, 0.717) is 18.7 Å². The number of carbonyl (C=O) groups excluding carboxylic acids is 2. The average Bonchev–Trinajstić information content (AvgIpc) is 3.15. The Bertz CT molecular complexity index is 1120. The highest BCUT2D eigenvalue weighted by Gasteiger charge is 2.25. The zero-order chi connectivity index (χ0) is 24.1. The van der Waals surface area contributed by atoms with Gasteiger partial charge in [0.1, 0.15) is 18.0 Å². The summed E-state index contributed by atoms with van der Waals surface area (Å²) in [5.41, 5.74) is 5.14. The van der Waals surface area contributed by atoms with Crippen LogP contribution in [0.25, 0.3) is 11.1 Å². The first-order chi connectivity index (χ1) is 16.5. The monoisotopic (exact) mass is 464 g/mol. The van der Waals surface area contributed by atoms with E-state index in [1.54, 1.807) is 6.07 Å². The number of rotatable bonds is 6. The van der Waals surface area contributed by atoms with Crippen molar-refractivity contribution in [2.75, 3.05) is 25.0 Å². The summed E-state index contributed by atoms with van der Waals surface area (Å²) >= 11 is 0. The zero-order valence-corrected chi connectivity index (χ0v) is 19.2. The molecule has 7 nitrogen and oxygen atoms in total. The van der Waals surface area contributed by atoms with E-state index in [0.717, 1.165) is 60.2 Å². The molecule has 1 saturated heterocycles. The number of nitrogens with zero attached hydrogens (tertiary/aromatic N) is 1. The van der Waals surface area contributed by atoms with Crippen LogP contribution in [0.2, 0.25) is 0 Å². The second kappa shape index (κ2) is 10.8. The molecule has 2 amide bonds. The fraction of sp³-hybridized carbons (Fsp3) is 0.423. The highest BCUT2D eigenvalue weighted by atomic mass is 19.1. The molecule has 178 valence electrons. The molecule has 0 bridgehead atoms. The molecule has 0 radical (unpaired) electrons. The van der Waals surface area contributed by atoms with Crippen molar-refractivity contribution >= 4 is 17.5 Å². The first kappa shape index (κ1) is 23.9. The number of ether oxygens (including phenoxy) is 1. The Balaban J connectivity index is 1.49. The molecule has 0 spiro atoms. The van der Waals surface area contributed by atoms with E-state index in [1.807, 2.05) is 18.2 Å². The van der Waals surface area contributed by atoms with E-state index >= 15 is 4.39 Å². The van der Waals surface area contributed by atoms with Gasteiger partial charge in [0.15, 0.2) is 0 Å². The summed E-state index contributed by atoms with van der Waals surface area (Å²) in [6.45, 7) is 3.13. The molecular weight excluding hydrogens is 435 g/mol. The summed E-state index contributed by atoms with van der Waals surface area (Å²) in [6.07, 6.45) is 2.97. The Morgan fingerprint density at radius 3 is 2.82 bits per heavy atom. The smallest absolute Gasteiger partial charge is 0.251 e. The Kier molecular flexibility index (Phi) is 7.56. The van der Waals surface area contributed by atoms with Crippen LogP contribution in [0.1, 0.15) is 36.5 Å². The molecule has 1 aliphatic heterocycles. The Hall–Kier alpha value is -3.28. The number of hydrogen-bond donors (Lipinski definition) is 3. The fourth-order valence-electron chi connectivity index (χ4n) is 4.66. The van der Waals surface area contributed by atoms with E-state index in [4.69, 9.17) is 4.74 Å². The van der Waals surface area contributed by atoms with Crippen LogP contribution in [0.3, 0.4) is 0 Å². The number of hydrogen-bond acceptors (Lipinski definition) is 5. The van der Waals surface area contributed by atoms with Gasteiger partial charge in [-0.3, -0.25) is 9.59 Å². The summed E-state index contributed by atoms with van der Waals surface area (Å²) in [6, 6.07) is 9.99. The molecule has 1 aliphatic carbocycles. The number of fused-ring (bicyclic) bond motifs is 1. The molecule has 8 heteroatoms. The minimum Gasteiger partial charge on any atom is -0.367 e. The second-order valence-corrected chi connectivity index (χ2v) is 8.77. The lowest BCUT2D eigenvalue weighted by Crippen LogP contribution is -2.46. The highest BCUT2D eigenvalue weighted by Crippen LogP contribution is 2.37. The number of amides is 2. The molecule has 2 aliphatic rings. The molecule has 34 heavy (non-hydrogen) atoms. The quantitative estimate of drug-likeness (QED) is 0.610. The predicted octanol–water partition coefficient (Wildman–Crippen LogP) is 2.87. The molecule has 3 N–H and O–H groups in total. The van der Waals surface area contributed by atoms with Crippen molar-refractivity contribution in [1.29, 1.82) is 5.26 Å². The summed E-state index contributed by atoms with van der Waals surface area (Å²) in [5, 5.41) is 18.2. The number of benzene rings is 2. The molecule has 0 saturated carbocycles. The Morgan fingerprint density at radius 1 is 1.24 bits per heavy atom. The summed E-state index contributed by atoms with van der Waals surface area (Å²) in [5.74, 6) is -0.900. The second-order valence-electron chi connectivity index (χ2n) is 8.77. The molecule has 0 aromatic heterocycles. The molecule has 2 atom stereocenters. The SMILES string of the molecule is CC(=O)Nc1ccc(-c2ccc(CC(C#N)NC(=O)[C@@H]3CNCCCO3)c(F)c2)c2c1CCC2. The van der Waals surface area contributed by atoms with Crippen LogP contribution >= 0.6 is 0 Å². The van der Waals surface area contributed by atoms with Gasteiger partial charge in [-0.1, -0.05) is 18.2 Å². The largest absolute Gasteiger partial charge is 0.367 e. The molecule has 2 aromatic carbocycles. The van der Waals surface area contributed by atoms with Crippen LogP contribution in [0, 0.1) is 17.1 Å². The van der Waals surface area contributed by atoms with E-state index in [9.17, 15) is 14.9 Å². The predicted molar refractivity (Wildman–Crippen MR) is 127 cm³/mol. The number of nitrogens with one attached hydrogen (secondary N) is 3. The molecule has 1 unspecified atom stereocenters. The van der Waals surface area contributed by atoms with Crippen LogP contribution in [-0.4, -0.2) is 43.7 Å². The van der Waals surface area contributed by atoms with Gasteiger partial charge in [-0.05, 0) is 72.2 Å². The van der Waals surface area contributed by atoms with E-state index in [1.165, 1.54) is 13.0 Å². The van der Waals surface area contributed by atoms with Crippen molar-refractivity contribution in [2.24, 2.45) is 0 Å². The van der Waals surface area contributed by atoms with Gasteiger partial charge in [0.25, 0.3) is 5.91 Å². The average molecular weight is 465 g/mol. The van der Waals surface area contributed by atoms with Gasteiger partial charge in [-0.15, -0.1) is 0 Å². The van der Waals surface area contributed by atoms with Gasteiger partial charge in [-0.2, -0.15) is 5.26 Å². The highest BCUT2D eigenvalue weighted by molar-refractivity contribution is 5.91. The minimum absolute atomic E-state index is 0.0636. The van der Waals surface area contributed by atoms with E-state index < -0.39 is 18.0 Å². The van der Waals surface area contributed by atoms with Crippen molar-refractivity contribution in [3.63, 3.8) is 0 Å². The summed E-state index contributed by atoms with van der Waals surface area (Å²) in [7, 11) is 0. The number of nitriles is 1. The van der Waals surface area contributed by atoms with Gasteiger partial charge in [-0.25, -0.2) is 4.39 Å². The van der Waals surface area contributed by atoms with Crippen LogP contribution in [-0.2, 0) is 33.6 Å². The van der Waals surface area contributed by atoms with Gasteiger partial charge in [0.2, 0.25) is 5.91 Å². The van der Waals surface area contributed by atoms with E-state index in [-0.39, 0.29) is 18.2 Å². The van der Waals surface area contributed by atoms with Crippen LogP contribution < -0.4 is 16.0 Å². The topological polar surface area (TPSA) is 103 Å². The maximum atomic E-state index is 15.1. The third kappa shape index (κ3) is 5.44. The van der Waals surface area contributed by atoms with Crippen molar-refractivity contribution < 1.29 is 18.7 Å². The lowest BCUT2D eigenvalue weighted by molar-refractivity contribution is -0.132. The Morgan fingerprint density at radius 2 is 2.06 bits per heavy atom. The molecule has 1 fully saturated rings. The lowest BCUT2D eigenvalue weighted by atomic mass is 9.94. The first-order valence-electron chi connectivity index (χ1n) is 11.7. The first-order valence-corrected chi connectivity index (χ1v) is 11.7. The maximum Gasteiger partial charge on any atom is 0.251 e. The number of carbonyl (C=O) groups is 2. The van der Waals surface area contributed by atoms with Crippen LogP contribution in [0.4, 0.5) is 10.1 Å². The zero-order valence-electron chi connectivity index (χ0n) is 19.2. The van der Waals surface area contributed by atoms with Crippen molar-refractivity contribution in [3.05, 3.63) is 52.8 Å².